The van der Waals surface area contributed by atoms with Gasteiger partial charge in [-0.2, -0.15) is 0 Å². The van der Waals surface area contributed by atoms with Crippen LogP contribution in [0.4, 0.5) is 0 Å². The zero-order valence-electron chi connectivity index (χ0n) is 7.24. The normalized spacial score (nSPS) is 12.6. The fraction of sp³-hybridized carbons (Fsp3) is 0. The van der Waals surface area contributed by atoms with Gasteiger partial charge in [-0.25, -0.2) is 0 Å². The van der Waals surface area contributed by atoms with Crippen LogP contribution in [0.3, 0.4) is 0 Å². The molecule has 1 aromatic heterocycles. The highest BCUT2D eigenvalue weighted by Crippen LogP contribution is 2.22. The van der Waals surface area contributed by atoms with Crippen LogP contribution in [-0.4, -0.2) is 0 Å². The molecule has 0 fully saturated rings. The van der Waals surface area contributed by atoms with Crippen molar-refractivity contribution in [2.45, 2.75) is 9.10 Å². The van der Waals surface area contributed by atoms with E-state index < -0.39 is 10.7 Å². The van der Waals surface area contributed by atoms with Crippen molar-refractivity contribution in [1.29, 1.82) is 4.78 Å². The SMILES string of the molecule is N=[S@@](c1ccc(Cl)cc1)c1cccs1. The van der Waals surface area contributed by atoms with Crippen LogP contribution in [-0.2, 0) is 10.7 Å². The lowest BCUT2D eigenvalue weighted by Gasteiger charge is -2.02. The lowest BCUT2D eigenvalue weighted by Crippen LogP contribution is -1.86. The number of nitrogens with one attached hydrogen (secondary N) is 1. The van der Waals surface area contributed by atoms with Crippen LogP contribution in [0.2, 0.25) is 5.02 Å². The third-order valence-electron chi connectivity index (χ3n) is 1.75. The Morgan fingerprint density at radius 2 is 1.86 bits per heavy atom. The Morgan fingerprint density at radius 3 is 2.43 bits per heavy atom. The van der Waals surface area contributed by atoms with E-state index in [0.717, 1.165) is 14.1 Å². The van der Waals surface area contributed by atoms with Crippen LogP contribution in [0.5, 0.6) is 0 Å². The smallest absolute Gasteiger partial charge is 0.0752 e. The third kappa shape index (κ3) is 2.05. The summed E-state index contributed by atoms with van der Waals surface area (Å²) in [7, 11) is -0.564. The fourth-order valence-corrected chi connectivity index (χ4v) is 3.34. The topological polar surface area (TPSA) is 23.9 Å². The van der Waals surface area contributed by atoms with E-state index in [1.807, 2.05) is 41.8 Å². The zero-order valence-corrected chi connectivity index (χ0v) is 9.62. The minimum atomic E-state index is -0.564. The van der Waals surface area contributed by atoms with Crippen molar-refractivity contribution >= 4 is 33.6 Å². The minimum absolute atomic E-state index is 0.564. The van der Waals surface area contributed by atoms with Gasteiger partial charge in [0.15, 0.2) is 0 Å². The summed E-state index contributed by atoms with van der Waals surface area (Å²) < 4.78 is 9.13. The average molecular weight is 242 g/mol. The Balaban J connectivity index is 2.33. The summed E-state index contributed by atoms with van der Waals surface area (Å²) >= 11 is 7.41. The Bertz CT molecular complexity index is 434. The van der Waals surface area contributed by atoms with Crippen LogP contribution in [0.1, 0.15) is 0 Å². The van der Waals surface area contributed by atoms with Gasteiger partial charge in [-0.15, -0.1) is 11.3 Å². The summed E-state index contributed by atoms with van der Waals surface area (Å²) in [6.07, 6.45) is 0. The first kappa shape index (κ1) is 9.90. The first-order chi connectivity index (χ1) is 6.77. The molecule has 0 spiro atoms. The summed E-state index contributed by atoms with van der Waals surface area (Å²) in [5.41, 5.74) is 0. The molecular weight excluding hydrogens is 234 g/mol. The van der Waals surface area contributed by atoms with Gasteiger partial charge in [0.05, 0.1) is 4.21 Å². The predicted octanol–water partition coefficient (Wildman–Crippen LogP) is 4.20. The molecule has 4 heteroatoms. The maximum atomic E-state index is 8.04. The van der Waals surface area contributed by atoms with Crippen LogP contribution >= 0.6 is 22.9 Å². The summed E-state index contributed by atoms with van der Waals surface area (Å²) in [6.45, 7) is 0. The van der Waals surface area contributed by atoms with Crippen molar-refractivity contribution in [3.05, 3.63) is 46.8 Å². The predicted molar refractivity (Wildman–Crippen MR) is 62.4 cm³/mol. The first-order valence-corrected chi connectivity index (χ1v) is 6.50. The number of benzene rings is 1. The zero-order chi connectivity index (χ0) is 9.97. The number of hydrogen-bond acceptors (Lipinski definition) is 2. The largest absolute Gasteiger partial charge is 0.270 e. The van der Waals surface area contributed by atoms with Crippen molar-refractivity contribution < 1.29 is 0 Å². The van der Waals surface area contributed by atoms with Crippen molar-refractivity contribution in [3.63, 3.8) is 0 Å². The van der Waals surface area contributed by atoms with E-state index >= 15 is 0 Å². The summed E-state index contributed by atoms with van der Waals surface area (Å²) in [6, 6.07) is 11.5. The van der Waals surface area contributed by atoms with E-state index in [0.29, 0.717) is 0 Å². The van der Waals surface area contributed by atoms with Crippen LogP contribution in [0, 0.1) is 4.78 Å². The maximum absolute atomic E-state index is 8.04. The van der Waals surface area contributed by atoms with Gasteiger partial charge in [-0.3, -0.25) is 4.78 Å². The molecule has 0 aliphatic rings. The molecule has 1 N–H and O–H groups in total. The van der Waals surface area contributed by atoms with Crippen molar-refractivity contribution in [2.24, 2.45) is 0 Å². The highest BCUT2D eigenvalue weighted by atomic mass is 35.5. The molecule has 0 aliphatic heterocycles. The second-order valence-electron chi connectivity index (χ2n) is 2.69. The monoisotopic (exact) mass is 241 g/mol. The number of hydrogen-bond donors (Lipinski definition) is 1. The molecule has 0 bridgehead atoms. The Kier molecular flexibility index (Phi) is 3.01. The third-order valence-corrected chi connectivity index (χ3v) is 4.73. The maximum Gasteiger partial charge on any atom is 0.0752 e. The molecule has 0 saturated carbocycles. The van der Waals surface area contributed by atoms with E-state index in [2.05, 4.69) is 0 Å². The molecule has 0 saturated heterocycles. The Morgan fingerprint density at radius 1 is 1.14 bits per heavy atom. The molecule has 72 valence electrons. The molecule has 1 aromatic carbocycles. The molecule has 1 nitrogen and oxygen atoms in total. The van der Waals surface area contributed by atoms with Gasteiger partial charge in [0.25, 0.3) is 0 Å². The second-order valence-corrected chi connectivity index (χ2v) is 5.86. The standard InChI is InChI=1S/C10H8ClNS2/c11-8-3-5-9(6-4-8)14(12)10-2-1-7-13-10/h1-7,12H/t14-/m0/s1. The van der Waals surface area contributed by atoms with Gasteiger partial charge >= 0.3 is 0 Å². The average Bonchev–Trinajstić information content (AvgIpc) is 2.71. The van der Waals surface area contributed by atoms with Gasteiger partial charge < -0.3 is 0 Å². The fourth-order valence-electron chi connectivity index (χ4n) is 1.07. The molecule has 1 heterocycles. The van der Waals surface area contributed by atoms with Crippen LogP contribution in [0.25, 0.3) is 0 Å². The van der Waals surface area contributed by atoms with E-state index in [1.54, 1.807) is 11.3 Å². The van der Waals surface area contributed by atoms with E-state index in [-0.39, 0.29) is 0 Å². The molecule has 2 rings (SSSR count). The van der Waals surface area contributed by atoms with Crippen LogP contribution < -0.4 is 0 Å². The van der Waals surface area contributed by atoms with Gasteiger partial charge in [-0.05, 0) is 46.4 Å². The number of halogens is 1. The summed E-state index contributed by atoms with van der Waals surface area (Å²) in [5, 5.41) is 2.72. The molecule has 2 aromatic rings. The molecule has 0 unspecified atom stereocenters. The van der Waals surface area contributed by atoms with Gasteiger partial charge in [0.2, 0.25) is 0 Å². The van der Waals surface area contributed by atoms with E-state index in [1.165, 1.54) is 0 Å². The highest BCUT2D eigenvalue weighted by molar-refractivity contribution is 7.88. The minimum Gasteiger partial charge on any atom is -0.270 e. The second kappa shape index (κ2) is 4.26. The number of rotatable bonds is 2. The first-order valence-electron chi connectivity index (χ1n) is 4.02. The molecule has 0 aliphatic carbocycles. The molecule has 0 radical (unpaired) electrons. The van der Waals surface area contributed by atoms with Gasteiger partial charge in [0.1, 0.15) is 0 Å². The van der Waals surface area contributed by atoms with Gasteiger partial charge in [0, 0.05) is 9.92 Å². The molecule has 1 atom stereocenters. The van der Waals surface area contributed by atoms with E-state index in [9.17, 15) is 0 Å². The summed E-state index contributed by atoms with van der Waals surface area (Å²) in [4.78, 5) is 1.01. The van der Waals surface area contributed by atoms with E-state index in [4.69, 9.17) is 16.4 Å². The highest BCUT2D eigenvalue weighted by Gasteiger charge is 2.02. The number of thiophene rings is 1. The van der Waals surface area contributed by atoms with Crippen LogP contribution in [0.15, 0.2) is 50.9 Å². The molecule has 0 amide bonds. The quantitative estimate of drug-likeness (QED) is 0.815. The molecular formula is C10H8ClNS2. The summed E-state index contributed by atoms with van der Waals surface area (Å²) in [5.74, 6) is 0. The van der Waals surface area contributed by atoms with Crippen molar-refractivity contribution in [1.82, 2.24) is 0 Å². The Hall–Kier alpha value is -0.640. The lowest BCUT2D eigenvalue weighted by molar-refractivity contribution is 1.41. The lowest BCUT2D eigenvalue weighted by atomic mass is 10.4. The van der Waals surface area contributed by atoms with Gasteiger partial charge in [-0.1, -0.05) is 17.7 Å². The van der Waals surface area contributed by atoms with Crippen molar-refractivity contribution in [2.75, 3.05) is 0 Å². The molecule has 14 heavy (non-hydrogen) atoms. The Labute approximate surface area is 94.2 Å². The van der Waals surface area contributed by atoms with Crippen molar-refractivity contribution in [3.8, 4) is 0 Å².